The molecule has 0 aliphatic heterocycles. The zero-order valence-electron chi connectivity index (χ0n) is 18.6. The van der Waals surface area contributed by atoms with Gasteiger partial charge in [0.25, 0.3) is 11.5 Å². The Bertz CT molecular complexity index is 1460. The summed E-state index contributed by atoms with van der Waals surface area (Å²) in [5, 5.41) is 3.43. The van der Waals surface area contributed by atoms with Gasteiger partial charge in [0.1, 0.15) is 6.04 Å². The monoisotopic (exact) mass is 458 g/mol. The molecule has 0 aliphatic carbocycles. The van der Waals surface area contributed by atoms with Gasteiger partial charge >= 0.3 is 11.9 Å². The molecule has 0 aliphatic rings. The highest BCUT2D eigenvalue weighted by Gasteiger charge is 2.26. The van der Waals surface area contributed by atoms with Gasteiger partial charge in [-0.3, -0.25) is 14.0 Å². The summed E-state index contributed by atoms with van der Waals surface area (Å²) in [6, 6.07) is 19.4. The van der Waals surface area contributed by atoms with Crippen LogP contribution in [0, 0.1) is 0 Å². The van der Waals surface area contributed by atoms with E-state index in [0.717, 1.165) is 5.39 Å². The maximum atomic E-state index is 13.6. The number of esters is 2. The Morgan fingerprint density at radius 2 is 1.59 bits per heavy atom. The van der Waals surface area contributed by atoms with Crippen molar-refractivity contribution in [2.45, 2.75) is 12.5 Å². The molecule has 1 N–H and O–H groups in total. The van der Waals surface area contributed by atoms with Crippen LogP contribution in [0.25, 0.3) is 16.4 Å². The molecule has 2 aromatic heterocycles. The third kappa shape index (κ3) is 4.25. The third-order valence-corrected chi connectivity index (χ3v) is 5.57. The van der Waals surface area contributed by atoms with Gasteiger partial charge in [-0.05, 0) is 35.7 Å². The maximum absolute atomic E-state index is 13.6. The van der Waals surface area contributed by atoms with Crippen molar-refractivity contribution in [2.24, 2.45) is 0 Å². The lowest BCUT2D eigenvalue weighted by atomic mass is 10.0. The number of carbonyl (C=O) groups is 3. The first kappa shape index (κ1) is 22.7. The van der Waals surface area contributed by atoms with Crippen molar-refractivity contribution in [3.8, 4) is 0 Å². The number of hydrogen-bond donors (Lipinski definition) is 1. The SMILES string of the molecule is COC(=O)c1cc(C[C@H](NC(=O)c2ccccc2)C(=O)OC)c(=O)n2c1ccc1ccccc12. The Balaban J connectivity index is 1.84. The number of carbonyl (C=O) groups excluding carboxylic acids is 3. The van der Waals surface area contributed by atoms with Gasteiger partial charge in [0.05, 0.1) is 30.8 Å². The van der Waals surface area contributed by atoms with Gasteiger partial charge < -0.3 is 14.8 Å². The minimum atomic E-state index is -1.15. The van der Waals surface area contributed by atoms with Crippen LogP contribution in [-0.4, -0.2) is 42.5 Å². The van der Waals surface area contributed by atoms with Crippen LogP contribution in [-0.2, 0) is 20.7 Å². The number of benzene rings is 2. The van der Waals surface area contributed by atoms with Crippen LogP contribution in [0.15, 0.2) is 77.6 Å². The summed E-state index contributed by atoms with van der Waals surface area (Å²) in [4.78, 5) is 51.3. The van der Waals surface area contributed by atoms with Crippen molar-refractivity contribution < 1.29 is 23.9 Å². The first-order chi connectivity index (χ1) is 16.4. The number of methoxy groups -OCH3 is 2. The number of pyridine rings is 2. The summed E-state index contributed by atoms with van der Waals surface area (Å²) in [7, 11) is 2.45. The average molecular weight is 458 g/mol. The van der Waals surface area contributed by atoms with E-state index in [9.17, 15) is 19.2 Å². The van der Waals surface area contributed by atoms with Gasteiger partial charge in [-0.1, -0.05) is 42.5 Å². The molecule has 1 atom stereocenters. The van der Waals surface area contributed by atoms with Crippen LogP contribution in [0.3, 0.4) is 0 Å². The molecule has 4 aromatic rings. The summed E-state index contributed by atoms with van der Waals surface area (Å²) in [6.45, 7) is 0. The summed E-state index contributed by atoms with van der Waals surface area (Å²) in [6.07, 6.45) is -0.180. The number of aromatic nitrogens is 1. The Labute approximate surface area is 194 Å². The molecule has 0 saturated heterocycles. The summed E-state index contributed by atoms with van der Waals surface area (Å²) in [5.74, 6) is -1.83. The molecule has 0 fully saturated rings. The number of nitrogens with zero attached hydrogens (tertiary/aromatic N) is 1. The van der Waals surface area contributed by atoms with E-state index < -0.39 is 29.4 Å². The van der Waals surface area contributed by atoms with E-state index >= 15 is 0 Å². The van der Waals surface area contributed by atoms with Gasteiger partial charge in [0.15, 0.2) is 0 Å². The fourth-order valence-electron chi connectivity index (χ4n) is 3.89. The molecular formula is C26H22N2O6. The molecule has 8 nitrogen and oxygen atoms in total. The zero-order valence-corrected chi connectivity index (χ0v) is 18.6. The van der Waals surface area contributed by atoms with Gasteiger partial charge in [0.2, 0.25) is 0 Å². The minimum Gasteiger partial charge on any atom is -0.467 e. The van der Waals surface area contributed by atoms with Crippen molar-refractivity contribution in [3.05, 3.63) is 99.8 Å². The Morgan fingerprint density at radius 3 is 2.29 bits per heavy atom. The second-order valence-electron chi connectivity index (χ2n) is 7.61. The normalized spacial score (nSPS) is 11.7. The largest absolute Gasteiger partial charge is 0.467 e. The summed E-state index contributed by atoms with van der Waals surface area (Å²) >= 11 is 0. The molecule has 4 rings (SSSR count). The smallest absolute Gasteiger partial charge is 0.340 e. The van der Waals surface area contributed by atoms with Crippen LogP contribution in [0.2, 0.25) is 0 Å². The van der Waals surface area contributed by atoms with Crippen LogP contribution in [0.1, 0.15) is 26.3 Å². The number of nitrogens with one attached hydrogen (secondary N) is 1. The first-order valence-electron chi connectivity index (χ1n) is 10.5. The molecule has 0 bridgehead atoms. The minimum absolute atomic E-state index is 0.151. The highest BCUT2D eigenvalue weighted by molar-refractivity contribution is 5.99. The molecule has 0 saturated carbocycles. The molecule has 2 aromatic carbocycles. The zero-order chi connectivity index (χ0) is 24.2. The predicted octanol–water partition coefficient (Wildman–Crippen LogP) is 2.75. The lowest BCUT2D eigenvalue weighted by Gasteiger charge is -2.18. The summed E-state index contributed by atoms with van der Waals surface area (Å²) in [5.41, 5.74) is 1.23. The molecule has 34 heavy (non-hydrogen) atoms. The Hall–Kier alpha value is -4.46. The fraction of sp³-hybridized carbons (Fsp3) is 0.154. The molecule has 172 valence electrons. The van der Waals surface area contributed by atoms with Gasteiger partial charge in [-0.15, -0.1) is 0 Å². The van der Waals surface area contributed by atoms with Crippen molar-refractivity contribution >= 4 is 34.3 Å². The van der Waals surface area contributed by atoms with Crippen LogP contribution >= 0.6 is 0 Å². The second-order valence-corrected chi connectivity index (χ2v) is 7.61. The van der Waals surface area contributed by atoms with Crippen molar-refractivity contribution in [3.63, 3.8) is 0 Å². The third-order valence-electron chi connectivity index (χ3n) is 5.57. The lowest BCUT2D eigenvalue weighted by molar-refractivity contribution is -0.142. The van der Waals surface area contributed by atoms with Crippen molar-refractivity contribution in [2.75, 3.05) is 14.2 Å². The fourth-order valence-corrected chi connectivity index (χ4v) is 3.89. The van der Waals surface area contributed by atoms with Gasteiger partial charge in [-0.25, -0.2) is 9.59 Å². The second kappa shape index (κ2) is 9.58. The molecular weight excluding hydrogens is 436 g/mol. The van der Waals surface area contributed by atoms with Gasteiger partial charge in [0, 0.05) is 17.5 Å². The van der Waals surface area contributed by atoms with Crippen LogP contribution in [0.5, 0.6) is 0 Å². The number of para-hydroxylation sites is 1. The molecule has 0 unspecified atom stereocenters. The van der Waals surface area contributed by atoms with Gasteiger partial charge in [-0.2, -0.15) is 0 Å². The van der Waals surface area contributed by atoms with Crippen molar-refractivity contribution in [1.29, 1.82) is 0 Å². The van der Waals surface area contributed by atoms with Crippen molar-refractivity contribution in [1.82, 2.24) is 9.72 Å². The predicted molar refractivity (Wildman–Crippen MR) is 126 cm³/mol. The van der Waals surface area contributed by atoms with E-state index in [4.69, 9.17) is 9.47 Å². The topological polar surface area (TPSA) is 103 Å². The van der Waals surface area contributed by atoms with E-state index in [-0.39, 0.29) is 17.5 Å². The number of hydrogen-bond acceptors (Lipinski definition) is 6. The molecule has 8 heteroatoms. The maximum Gasteiger partial charge on any atom is 0.340 e. The highest BCUT2D eigenvalue weighted by Crippen LogP contribution is 2.20. The van der Waals surface area contributed by atoms with E-state index in [1.54, 1.807) is 48.5 Å². The number of amides is 1. The molecule has 0 spiro atoms. The van der Waals surface area contributed by atoms with Crippen LogP contribution < -0.4 is 10.9 Å². The lowest BCUT2D eigenvalue weighted by Crippen LogP contribution is -2.44. The number of ether oxygens (including phenoxy) is 2. The molecule has 2 heterocycles. The quantitative estimate of drug-likeness (QED) is 0.352. The average Bonchev–Trinajstić information content (AvgIpc) is 2.88. The first-order valence-corrected chi connectivity index (χ1v) is 10.5. The van der Waals surface area contributed by atoms with Crippen LogP contribution in [0.4, 0.5) is 0 Å². The molecule has 0 radical (unpaired) electrons. The van der Waals surface area contributed by atoms with E-state index in [1.807, 2.05) is 18.2 Å². The number of fused-ring (bicyclic) bond motifs is 3. The highest BCUT2D eigenvalue weighted by atomic mass is 16.5. The van der Waals surface area contributed by atoms with E-state index in [2.05, 4.69) is 5.32 Å². The van der Waals surface area contributed by atoms with E-state index in [1.165, 1.54) is 24.7 Å². The Kier molecular flexibility index (Phi) is 6.40. The standard InChI is InChI=1S/C26H22N2O6/c1-33-25(31)19-14-18(24(30)28-21-11-7-6-8-16(21)12-13-22(19)28)15-20(26(32)34-2)27-23(29)17-9-4-3-5-10-17/h3-14,20H,15H2,1-2H3,(H,27,29)/t20-/m0/s1. The van der Waals surface area contributed by atoms with E-state index in [0.29, 0.717) is 16.6 Å². The summed E-state index contributed by atoms with van der Waals surface area (Å²) < 4.78 is 11.2. The Morgan fingerprint density at radius 1 is 0.882 bits per heavy atom. The molecule has 1 amide bonds. The number of rotatable bonds is 6.